The van der Waals surface area contributed by atoms with E-state index < -0.39 is 5.92 Å². The van der Waals surface area contributed by atoms with Crippen LogP contribution in [0.25, 0.3) is 15.9 Å². The molecule has 0 saturated carbocycles. The first-order chi connectivity index (χ1) is 15.0. The Balaban J connectivity index is 1.74. The molecule has 0 amide bonds. The lowest BCUT2D eigenvalue weighted by molar-refractivity contribution is -0.116. The first-order valence-corrected chi connectivity index (χ1v) is 11.5. The molecule has 0 spiro atoms. The Labute approximate surface area is 188 Å². The van der Waals surface area contributed by atoms with E-state index in [1.807, 2.05) is 62.4 Å². The first-order valence-electron chi connectivity index (χ1n) is 9.69. The number of thiophene rings is 1. The third-order valence-corrected chi connectivity index (χ3v) is 7.18. The van der Waals surface area contributed by atoms with Crippen LogP contribution in [0.3, 0.4) is 0 Å². The molecule has 31 heavy (non-hydrogen) atoms. The topological polar surface area (TPSA) is 75.8 Å². The van der Waals surface area contributed by atoms with Gasteiger partial charge in [0.2, 0.25) is 0 Å². The molecule has 0 aliphatic rings. The summed E-state index contributed by atoms with van der Waals surface area (Å²) in [6.07, 6.45) is 0. The number of aryl methyl sites for hydroxylation is 2. The standard InChI is InChI=1S/C24H19N3O2S2/c1-15-16(2)31-22-21(15)23(29)27(18-11-7-4-8-12-18)24(26-22)30-14-20(28)19(13-25)17-9-5-3-6-10-17/h3-12,19H,14H2,1-2H3/t19-/m1/s1. The van der Waals surface area contributed by atoms with Crippen LogP contribution >= 0.6 is 23.1 Å². The van der Waals surface area contributed by atoms with Crippen molar-refractivity contribution < 1.29 is 4.79 Å². The third kappa shape index (κ3) is 4.05. The average Bonchev–Trinajstić information content (AvgIpc) is 3.07. The van der Waals surface area contributed by atoms with Gasteiger partial charge in [0.05, 0.1) is 22.9 Å². The molecule has 4 aromatic rings. The maximum Gasteiger partial charge on any atom is 0.267 e. The number of ketones is 1. The molecular weight excluding hydrogens is 426 g/mol. The van der Waals surface area contributed by atoms with E-state index in [4.69, 9.17) is 4.98 Å². The molecule has 7 heteroatoms. The van der Waals surface area contributed by atoms with Gasteiger partial charge in [-0.3, -0.25) is 14.2 Å². The quantitative estimate of drug-likeness (QED) is 0.307. The second kappa shape index (κ2) is 8.88. The highest BCUT2D eigenvalue weighted by molar-refractivity contribution is 7.99. The van der Waals surface area contributed by atoms with E-state index in [2.05, 4.69) is 6.07 Å². The van der Waals surface area contributed by atoms with Gasteiger partial charge in [-0.15, -0.1) is 11.3 Å². The van der Waals surface area contributed by atoms with Gasteiger partial charge in [0.1, 0.15) is 10.7 Å². The van der Waals surface area contributed by atoms with Gasteiger partial charge < -0.3 is 0 Å². The predicted octanol–water partition coefficient (Wildman–Crippen LogP) is 5.03. The number of benzene rings is 2. The number of fused-ring (bicyclic) bond motifs is 1. The van der Waals surface area contributed by atoms with Crippen LogP contribution in [0, 0.1) is 25.2 Å². The number of nitriles is 1. The highest BCUT2D eigenvalue weighted by atomic mass is 32.2. The van der Waals surface area contributed by atoms with E-state index >= 15 is 0 Å². The lowest BCUT2D eigenvalue weighted by atomic mass is 9.97. The minimum Gasteiger partial charge on any atom is -0.297 e. The van der Waals surface area contributed by atoms with Crippen molar-refractivity contribution in [1.29, 1.82) is 5.26 Å². The Hall–Kier alpha value is -3.21. The zero-order valence-electron chi connectivity index (χ0n) is 17.0. The fourth-order valence-corrected chi connectivity index (χ4v) is 5.36. The van der Waals surface area contributed by atoms with Crippen molar-refractivity contribution in [3.63, 3.8) is 0 Å². The number of carbonyl (C=O) groups is 1. The summed E-state index contributed by atoms with van der Waals surface area (Å²) in [5.74, 6) is -1.02. The average molecular weight is 446 g/mol. The van der Waals surface area contributed by atoms with Gasteiger partial charge in [0, 0.05) is 4.88 Å². The van der Waals surface area contributed by atoms with E-state index in [0.717, 1.165) is 10.4 Å². The molecule has 2 aromatic heterocycles. The minimum atomic E-state index is -0.847. The van der Waals surface area contributed by atoms with Gasteiger partial charge in [-0.05, 0) is 37.1 Å². The first kappa shape index (κ1) is 21.0. The zero-order valence-corrected chi connectivity index (χ0v) is 18.7. The molecule has 0 unspecified atom stereocenters. The number of thioether (sulfide) groups is 1. The molecule has 1 atom stereocenters. The van der Waals surface area contributed by atoms with Crippen LogP contribution in [0.5, 0.6) is 0 Å². The third-order valence-electron chi connectivity index (χ3n) is 5.11. The second-order valence-electron chi connectivity index (χ2n) is 7.06. The van der Waals surface area contributed by atoms with Gasteiger partial charge >= 0.3 is 0 Å². The fourth-order valence-electron chi connectivity index (χ4n) is 3.37. The van der Waals surface area contributed by atoms with Crippen LogP contribution in [0.1, 0.15) is 21.9 Å². The Morgan fingerprint density at radius 3 is 2.42 bits per heavy atom. The molecule has 0 bridgehead atoms. The molecule has 0 fully saturated rings. The summed E-state index contributed by atoms with van der Waals surface area (Å²) < 4.78 is 1.56. The molecule has 0 radical (unpaired) electrons. The predicted molar refractivity (Wildman–Crippen MR) is 125 cm³/mol. The summed E-state index contributed by atoms with van der Waals surface area (Å²) in [5, 5.41) is 10.6. The number of Topliss-reactive ketones (excluding diaryl/α,β-unsaturated/α-hetero) is 1. The molecule has 0 saturated heterocycles. The molecule has 2 heterocycles. The Bertz CT molecular complexity index is 1350. The summed E-state index contributed by atoms with van der Waals surface area (Å²) in [4.78, 5) is 32.7. The Morgan fingerprint density at radius 1 is 1.13 bits per heavy atom. The number of aromatic nitrogens is 2. The largest absolute Gasteiger partial charge is 0.297 e. The number of carbonyl (C=O) groups excluding carboxylic acids is 1. The number of nitrogens with zero attached hydrogens (tertiary/aromatic N) is 3. The smallest absolute Gasteiger partial charge is 0.267 e. The van der Waals surface area contributed by atoms with Gasteiger partial charge in [0.25, 0.3) is 5.56 Å². The van der Waals surface area contributed by atoms with Crippen LogP contribution < -0.4 is 5.56 Å². The molecule has 0 N–H and O–H groups in total. The van der Waals surface area contributed by atoms with E-state index in [0.29, 0.717) is 26.6 Å². The molecule has 2 aromatic carbocycles. The molecular formula is C24H19N3O2S2. The van der Waals surface area contributed by atoms with E-state index in [9.17, 15) is 14.9 Å². The van der Waals surface area contributed by atoms with Gasteiger partial charge in [-0.2, -0.15) is 5.26 Å². The van der Waals surface area contributed by atoms with Crippen molar-refractivity contribution >= 4 is 39.1 Å². The molecule has 5 nitrogen and oxygen atoms in total. The van der Waals surface area contributed by atoms with Crippen molar-refractivity contribution in [1.82, 2.24) is 9.55 Å². The minimum absolute atomic E-state index is 0.0429. The second-order valence-corrected chi connectivity index (χ2v) is 9.21. The van der Waals surface area contributed by atoms with E-state index in [1.165, 1.54) is 23.1 Å². The van der Waals surface area contributed by atoms with Crippen LogP contribution in [-0.4, -0.2) is 21.1 Å². The van der Waals surface area contributed by atoms with Crippen molar-refractivity contribution in [2.75, 3.05) is 5.75 Å². The van der Waals surface area contributed by atoms with Crippen LogP contribution in [0.15, 0.2) is 70.6 Å². The van der Waals surface area contributed by atoms with Crippen molar-refractivity contribution in [3.05, 3.63) is 87.0 Å². The highest BCUT2D eigenvalue weighted by Crippen LogP contribution is 2.30. The van der Waals surface area contributed by atoms with E-state index in [-0.39, 0.29) is 17.1 Å². The molecule has 154 valence electrons. The van der Waals surface area contributed by atoms with E-state index in [1.54, 1.807) is 16.7 Å². The summed E-state index contributed by atoms with van der Waals surface area (Å²) in [7, 11) is 0. The van der Waals surface area contributed by atoms with Crippen LogP contribution in [0.4, 0.5) is 0 Å². The van der Waals surface area contributed by atoms with Crippen molar-refractivity contribution in [3.8, 4) is 11.8 Å². The molecule has 4 rings (SSSR count). The highest BCUT2D eigenvalue weighted by Gasteiger charge is 2.23. The van der Waals surface area contributed by atoms with Gasteiger partial charge in [-0.1, -0.05) is 60.3 Å². The fraction of sp³-hybridized carbons (Fsp3) is 0.167. The summed E-state index contributed by atoms with van der Waals surface area (Å²) in [6.45, 7) is 3.90. The number of hydrogen-bond donors (Lipinski definition) is 0. The monoisotopic (exact) mass is 445 g/mol. The van der Waals surface area contributed by atoms with Crippen molar-refractivity contribution in [2.24, 2.45) is 0 Å². The number of rotatable bonds is 6. The van der Waals surface area contributed by atoms with Crippen LogP contribution in [-0.2, 0) is 4.79 Å². The molecule has 0 aliphatic carbocycles. The Morgan fingerprint density at radius 2 is 1.77 bits per heavy atom. The Kier molecular flexibility index (Phi) is 6.03. The number of para-hydroxylation sites is 1. The summed E-state index contributed by atoms with van der Waals surface area (Å²) in [5.41, 5.74) is 2.15. The lowest BCUT2D eigenvalue weighted by Crippen LogP contribution is -2.22. The van der Waals surface area contributed by atoms with Gasteiger partial charge in [0.15, 0.2) is 10.9 Å². The summed E-state index contributed by atoms with van der Waals surface area (Å²) >= 11 is 2.67. The maximum absolute atomic E-state index is 13.4. The zero-order chi connectivity index (χ0) is 22.0. The SMILES string of the molecule is Cc1sc2nc(SCC(=O)[C@H](C#N)c3ccccc3)n(-c3ccccc3)c(=O)c2c1C. The van der Waals surface area contributed by atoms with Crippen molar-refractivity contribution in [2.45, 2.75) is 24.9 Å². The summed E-state index contributed by atoms with van der Waals surface area (Å²) in [6, 6.07) is 20.4. The number of hydrogen-bond acceptors (Lipinski definition) is 6. The molecule has 0 aliphatic heterocycles. The van der Waals surface area contributed by atoms with Crippen LogP contribution in [0.2, 0.25) is 0 Å². The van der Waals surface area contributed by atoms with Gasteiger partial charge in [-0.25, -0.2) is 4.98 Å². The maximum atomic E-state index is 13.4. The normalized spacial score (nSPS) is 11.9. The lowest BCUT2D eigenvalue weighted by Gasteiger charge is -2.13.